The Morgan fingerprint density at radius 3 is 2.45 bits per heavy atom. The molecule has 0 radical (unpaired) electrons. The molecule has 0 aliphatic rings. The van der Waals surface area contributed by atoms with Crippen LogP contribution >= 0.6 is 0 Å². The molecule has 7 nitrogen and oxygen atoms in total. The Morgan fingerprint density at radius 2 is 1.76 bits per heavy atom. The van der Waals surface area contributed by atoms with Gasteiger partial charge in [-0.1, -0.05) is 6.07 Å². The van der Waals surface area contributed by atoms with Crippen molar-refractivity contribution in [2.24, 2.45) is 0 Å². The van der Waals surface area contributed by atoms with Crippen molar-refractivity contribution >= 4 is 11.7 Å². The van der Waals surface area contributed by atoms with Crippen molar-refractivity contribution < 1.29 is 14.3 Å². The number of rotatable bonds is 9. The predicted octanol–water partition coefficient (Wildman–Crippen LogP) is 3.08. The molecule has 7 heteroatoms. The first kappa shape index (κ1) is 20.1. The number of benzene rings is 1. The fourth-order valence-electron chi connectivity index (χ4n) is 2.79. The molecule has 29 heavy (non-hydrogen) atoms. The molecule has 0 saturated carbocycles. The van der Waals surface area contributed by atoms with Crippen LogP contribution < -0.4 is 20.1 Å². The van der Waals surface area contributed by atoms with Crippen LogP contribution in [0.5, 0.6) is 11.5 Å². The minimum atomic E-state index is -0.161. The van der Waals surface area contributed by atoms with Crippen LogP contribution in [0.1, 0.15) is 21.5 Å². The summed E-state index contributed by atoms with van der Waals surface area (Å²) in [5.74, 6) is 1.98. The highest BCUT2D eigenvalue weighted by atomic mass is 16.5. The molecule has 0 fully saturated rings. The van der Waals surface area contributed by atoms with Gasteiger partial charge in [-0.05, 0) is 53.9 Å². The van der Waals surface area contributed by atoms with Crippen molar-refractivity contribution in [3.8, 4) is 11.5 Å². The quantitative estimate of drug-likeness (QED) is 0.582. The van der Waals surface area contributed by atoms with Crippen molar-refractivity contribution in [3.05, 3.63) is 77.7 Å². The lowest BCUT2D eigenvalue weighted by Crippen LogP contribution is -2.23. The Hall–Kier alpha value is -3.61. The minimum Gasteiger partial charge on any atom is -0.493 e. The van der Waals surface area contributed by atoms with Gasteiger partial charge < -0.3 is 20.1 Å². The zero-order chi connectivity index (χ0) is 20.5. The van der Waals surface area contributed by atoms with Crippen LogP contribution in [-0.4, -0.2) is 36.6 Å². The van der Waals surface area contributed by atoms with Crippen molar-refractivity contribution in [1.82, 2.24) is 15.3 Å². The molecule has 0 atom stereocenters. The minimum absolute atomic E-state index is 0.161. The maximum absolute atomic E-state index is 12.2. The van der Waals surface area contributed by atoms with E-state index >= 15 is 0 Å². The molecule has 0 unspecified atom stereocenters. The topological polar surface area (TPSA) is 85.4 Å². The summed E-state index contributed by atoms with van der Waals surface area (Å²) >= 11 is 0. The summed E-state index contributed by atoms with van der Waals surface area (Å²) in [6.45, 7) is 1.16. The predicted molar refractivity (Wildman–Crippen MR) is 111 cm³/mol. The molecule has 0 aliphatic carbocycles. The molecule has 0 bridgehead atoms. The van der Waals surface area contributed by atoms with Gasteiger partial charge in [-0.25, -0.2) is 4.98 Å². The third-order valence-corrected chi connectivity index (χ3v) is 4.40. The molecule has 3 rings (SSSR count). The SMILES string of the molecule is COc1ccc(CCNc2ccc(C(=O)NCc3ccncc3)cn2)cc1OC. The number of anilines is 1. The highest BCUT2D eigenvalue weighted by Gasteiger charge is 2.07. The third kappa shape index (κ3) is 5.68. The highest BCUT2D eigenvalue weighted by Crippen LogP contribution is 2.27. The summed E-state index contributed by atoms with van der Waals surface area (Å²) in [4.78, 5) is 20.5. The van der Waals surface area contributed by atoms with Crippen LogP contribution in [-0.2, 0) is 13.0 Å². The Balaban J connectivity index is 1.48. The Morgan fingerprint density at radius 1 is 0.966 bits per heavy atom. The Labute approximate surface area is 170 Å². The van der Waals surface area contributed by atoms with Gasteiger partial charge in [-0.3, -0.25) is 9.78 Å². The number of amides is 1. The van der Waals surface area contributed by atoms with Crippen LogP contribution in [0.15, 0.2) is 61.1 Å². The van der Waals surface area contributed by atoms with E-state index in [2.05, 4.69) is 20.6 Å². The largest absolute Gasteiger partial charge is 0.493 e. The summed E-state index contributed by atoms with van der Waals surface area (Å²) in [6.07, 6.45) is 5.77. The number of carbonyl (C=O) groups is 1. The standard InChI is InChI=1S/C22H24N4O3/c1-28-19-5-3-16(13-20(19)29-2)9-12-24-21-6-4-18(15-25-21)22(27)26-14-17-7-10-23-11-8-17/h3-8,10-11,13,15H,9,12,14H2,1-2H3,(H,24,25)(H,26,27). The van der Waals surface area contributed by atoms with Crippen molar-refractivity contribution in [3.63, 3.8) is 0 Å². The number of methoxy groups -OCH3 is 2. The van der Waals surface area contributed by atoms with Gasteiger partial charge in [0.25, 0.3) is 5.91 Å². The zero-order valence-corrected chi connectivity index (χ0v) is 16.5. The third-order valence-electron chi connectivity index (χ3n) is 4.40. The molecule has 0 saturated heterocycles. The zero-order valence-electron chi connectivity index (χ0n) is 16.5. The van der Waals surface area contributed by atoms with E-state index in [1.54, 1.807) is 44.9 Å². The monoisotopic (exact) mass is 392 g/mol. The van der Waals surface area contributed by atoms with Gasteiger partial charge in [0.05, 0.1) is 19.8 Å². The number of pyridine rings is 2. The normalized spacial score (nSPS) is 10.3. The fourth-order valence-corrected chi connectivity index (χ4v) is 2.79. The molecule has 3 aromatic rings. The van der Waals surface area contributed by atoms with Gasteiger partial charge in [0.1, 0.15) is 5.82 Å². The number of nitrogens with zero attached hydrogens (tertiary/aromatic N) is 2. The molecule has 1 amide bonds. The molecule has 0 spiro atoms. The van der Waals surface area contributed by atoms with Crippen LogP contribution in [0.4, 0.5) is 5.82 Å². The lowest BCUT2D eigenvalue weighted by molar-refractivity contribution is 0.0950. The van der Waals surface area contributed by atoms with E-state index in [1.807, 2.05) is 30.3 Å². The average Bonchev–Trinajstić information content (AvgIpc) is 2.78. The first-order valence-electron chi connectivity index (χ1n) is 9.27. The van der Waals surface area contributed by atoms with Gasteiger partial charge in [-0.15, -0.1) is 0 Å². The number of hydrogen-bond acceptors (Lipinski definition) is 6. The molecule has 2 heterocycles. The summed E-state index contributed by atoms with van der Waals surface area (Å²) < 4.78 is 10.6. The molecular weight excluding hydrogens is 368 g/mol. The number of ether oxygens (including phenoxy) is 2. The smallest absolute Gasteiger partial charge is 0.253 e. The number of carbonyl (C=O) groups excluding carboxylic acids is 1. The second-order valence-electron chi connectivity index (χ2n) is 6.34. The van der Waals surface area contributed by atoms with E-state index < -0.39 is 0 Å². The molecule has 2 aromatic heterocycles. The number of nitrogens with one attached hydrogen (secondary N) is 2. The second kappa shape index (κ2) is 10.1. The van der Waals surface area contributed by atoms with Gasteiger partial charge in [0, 0.05) is 31.7 Å². The summed E-state index contributed by atoms with van der Waals surface area (Å²) in [5.41, 5.74) is 2.64. The van der Waals surface area contributed by atoms with Gasteiger partial charge in [0.2, 0.25) is 0 Å². The first-order valence-corrected chi connectivity index (χ1v) is 9.27. The van der Waals surface area contributed by atoms with Gasteiger partial charge in [-0.2, -0.15) is 0 Å². The lowest BCUT2D eigenvalue weighted by atomic mass is 10.1. The van der Waals surface area contributed by atoms with E-state index in [4.69, 9.17) is 9.47 Å². The summed E-state index contributed by atoms with van der Waals surface area (Å²) in [6, 6.07) is 13.2. The van der Waals surface area contributed by atoms with E-state index in [-0.39, 0.29) is 5.91 Å². The lowest BCUT2D eigenvalue weighted by Gasteiger charge is -2.10. The van der Waals surface area contributed by atoms with Crippen LogP contribution in [0.25, 0.3) is 0 Å². The average molecular weight is 392 g/mol. The second-order valence-corrected chi connectivity index (χ2v) is 6.34. The van der Waals surface area contributed by atoms with Crippen molar-refractivity contribution in [2.75, 3.05) is 26.1 Å². The summed E-state index contributed by atoms with van der Waals surface area (Å²) in [5, 5.41) is 6.13. The van der Waals surface area contributed by atoms with Gasteiger partial charge in [0.15, 0.2) is 11.5 Å². The van der Waals surface area contributed by atoms with Crippen LogP contribution in [0, 0.1) is 0 Å². The first-order chi connectivity index (χ1) is 14.2. The van der Waals surface area contributed by atoms with E-state index in [0.29, 0.717) is 30.2 Å². The Bertz CT molecular complexity index is 931. The molecule has 1 aromatic carbocycles. The number of hydrogen-bond donors (Lipinski definition) is 2. The van der Waals surface area contributed by atoms with Crippen LogP contribution in [0.2, 0.25) is 0 Å². The molecule has 2 N–H and O–H groups in total. The van der Waals surface area contributed by atoms with E-state index in [0.717, 1.165) is 23.4 Å². The van der Waals surface area contributed by atoms with E-state index in [9.17, 15) is 4.79 Å². The highest BCUT2D eigenvalue weighted by molar-refractivity contribution is 5.94. The van der Waals surface area contributed by atoms with Gasteiger partial charge >= 0.3 is 0 Å². The maximum Gasteiger partial charge on any atom is 0.253 e. The van der Waals surface area contributed by atoms with Crippen LogP contribution in [0.3, 0.4) is 0 Å². The maximum atomic E-state index is 12.2. The van der Waals surface area contributed by atoms with Crippen molar-refractivity contribution in [1.29, 1.82) is 0 Å². The molecule has 0 aliphatic heterocycles. The molecular formula is C22H24N4O3. The molecule has 150 valence electrons. The summed E-state index contributed by atoms with van der Waals surface area (Å²) in [7, 11) is 3.24. The fraction of sp³-hybridized carbons (Fsp3) is 0.227. The Kier molecular flexibility index (Phi) is 7.00. The van der Waals surface area contributed by atoms with E-state index in [1.165, 1.54) is 0 Å². The number of aromatic nitrogens is 2. The van der Waals surface area contributed by atoms with Crippen molar-refractivity contribution in [2.45, 2.75) is 13.0 Å².